The first-order valence-corrected chi connectivity index (χ1v) is 7.61. The van der Waals surface area contributed by atoms with Crippen LogP contribution in [-0.2, 0) is 0 Å². The number of nitrogens with two attached hydrogens (primary N) is 1. The number of nitrogens with one attached hydrogen (secondary N) is 1. The van der Waals surface area contributed by atoms with Gasteiger partial charge < -0.3 is 11.1 Å². The van der Waals surface area contributed by atoms with Crippen LogP contribution in [0.3, 0.4) is 0 Å². The quantitative estimate of drug-likeness (QED) is 0.848. The molecule has 1 heterocycles. The molecule has 3 rings (SSSR count). The molecule has 3 heteroatoms. The molecule has 104 valence electrons. The Labute approximate surface area is 116 Å². The summed E-state index contributed by atoms with van der Waals surface area (Å²) in [5.74, 6) is 0. The van der Waals surface area contributed by atoms with Crippen LogP contribution in [-0.4, -0.2) is 36.6 Å². The zero-order chi connectivity index (χ0) is 13.1. The molecule has 2 fully saturated rings. The van der Waals surface area contributed by atoms with E-state index < -0.39 is 0 Å². The number of benzene rings is 1. The Bertz CT molecular complexity index is 380. The van der Waals surface area contributed by atoms with Gasteiger partial charge in [-0.2, -0.15) is 0 Å². The Balaban J connectivity index is 1.62. The van der Waals surface area contributed by atoms with Crippen LogP contribution in [0, 0.1) is 0 Å². The fraction of sp³-hybridized carbons (Fsp3) is 0.625. The molecule has 19 heavy (non-hydrogen) atoms. The number of rotatable bonds is 5. The summed E-state index contributed by atoms with van der Waals surface area (Å²) in [6.07, 6.45) is 4.97. The van der Waals surface area contributed by atoms with Gasteiger partial charge in [0.2, 0.25) is 0 Å². The molecule has 1 aliphatic carbocycles. The maximum absolute atomic E-state index is 5.86. The fourth-order valence-corrected chi connectivity index (χ4v) is 3.29. The van der Waals surface area contributed by atoms with E-state index >= 15 is 0 Å². The van der Waals surface area contributed by atoms with E-state index in [4.69, 9.17) is 5.73 Å². The first-order valence-electron chi connectivity index (χ1n) is 7.61. The number of hydrogen-bond acceptors (Lipinski definition) is 3. The third-order valence-corrected chi connectivity index (χ3v) is 4.54. The van der Waals surface area contributed by atoms with Gasteiger partial charge in [-0.1, -0.05) is 30.3 Å². The Kier molecular flexibility index (Phi) is 4.16. The number of hydrogen-bond donors (Lipinski definition) is 2. The van der Waals surface area contributed by atoms with Crippen molar-refractivity contribution in [3.8, 4) is 0 Å². The van der Waals surface area contributed by atoms with Gasteiger partial charge in [-0.25, -0.2) is 0 Å². The highest BCUT2D eigenvalue weighted by atomic mass is 15.2. The number of nitrogens with zero attached hydrogens (tertiary/aromatic N) is 1. The molecule has 1 aliphatic heterocycles. The van der Waals surface area contributed by atoms with E-state index in [1.807, 2.05) is 0 Å². The van der Waals surface area contributed by atoms with Crippen LogP contribution >= 0.6 is 0 Å². The molecule has 1 aromatic carbocycles. The zero-order valence-corrected chi connectivity index (χ0v) is 11.6. The average molecular weight is 259 g/mol. The first-order chi connectivity index (χ1) is 9.33. The number of likely N-dealkylation sites (tertiary alicyclic amines) is 1. The van der Waals surface area contributed by atoms with Crippen molar-refractivity contribution >= 4 is 0 Å². The Morgan fingerprint density at radius 3 is 2.47 bits per heavy atom. The molecular weight excluding hydrogens is 234 g/mol. The van der Waals surface area contributed by atoms with Gasteiger partial charge >= 0.3 is 0 Å². The second-order valence-corrected chi connectivity index (χ2v) is 6.01. The molecule has 1 saturated carbocycles. The van der Waals surface area contributed by atoms with E-state index in [9.17, 15) is 0 Å². The van der Waals surface area contributed by atoms with Crippen LogP contribution in [0.4, 0.5) is 0 Å². The Morgan fingerprint density at radius 2 is 1.84 bits per heavy atom. The van der Waals surface area contributed by atoms with Crippen LogP contribution in [0.2, 0.25) is 0 Å². The normalized spacial score (nSPS) is 29.1. The maximum Gasteiger partial charge on any atom is 0.0472 e. The summed E-state index contributed by atoms with van der Waals surface area (Å²) in [6.45, 7) is 3.54. The first kappa shape index (κ1) is 13.1. The van der Waals surface area contributed by atoms with Crippen molar-refractivity contribution in [2.24, 2.45) is 5.73 Å². The third kappa shape index (κ3) is 3.16. The molecule has 1 saturated heterocycles. The highest BCUT2D eigenvalue weighted by Crippen LogP contribution is 2.25. The van der Waals surface area contributed by atoms with Crippen molar-refractivity contribution in [2.75, 3.05) is 19.6 Å². The van der Waals surface area contributed by atoms with Crippen molar-refractivity contribution in [1.82, 2.24) is 10.2 Å². The van der Waals surface area contributed by atoms with Crippen molar-refractivity contribution in [3.05, 3.63) is 35.9 Å². The van der Waals surface area contributed by atoms with Crippen LogP contribution in [0.1, 0.15) is 37.3 Å². The minimum absolute atomic E-state index is 0.430. The van der Waals surface area contributed by atoms with Gasteiger partial charge in [0.05, 0.1) is 0 Å². The van der Waals surface area contributed by atoms with E-state index in [0.29, 0.717) is 18.1 Å². The summed E-state index contributed by atoms with van der Waals surface area (Å²) in [6, 6.07) is 12.5. The molecule has 1 atom stereocenters. The lowest BCUT2D eigenvalue weighted by Gasteiger charge is -2.36. The van der Waals surface area contributed by atoms with Gasteiger partial charge in [-0.05, 0) is 44.3 Å². The highest BCUT2D eigenvalue weighted by molar-refractivity contribution is 5.20. The summed E-state index contributed by atoms with van der Waals surface area (Å²) in [5, 5.41) is 3.70. The Morgan fingerprint density at radius 1 is 1.16 bits per heavy atom. The summed E-state index contributed by atoms with van der Waals surface area (Å²) in [7, 11) is 0. The summed E-state index contributed by atoms with van der Waals surface area (Å²) in [5.41, 5.74) is 7.30. The molecule has 0 bridgehead atoms. The Hall–Kier alpha value is -0.900. The van der Waals surface area contributed by atoms with Crippen molar-refractivity contribution in [1.29, 1.82) is 0 Å². The van der Waals surface area contributed by atoms with Gasteiger partial charge in [-0.3, -0.25) is 4.90 Å². The summed E-state index contributed by atoms with van der Waals surface area (Å²) >= 11 is 0. The molecular formula is C16H25N3. The van der Waals surface area contributed by atoms with Gasteiger partial charge in [0.1, 0.15) is 0 Å². The fourth-order valence-electron chi connectivity index (χ4n) is 3.29. The molecule has 0 amide bonds. The molecule has 0 aromatic heterocycles. The minimum Gasteiger partial charge on any atom is -0.328 e. The van der Waals surface area contributed by atoms with Gasteiger partial charge in [0, 0.05) is 24.7 Å². The van der Waals surface area contributed by atoms with Gasteiger partial charge in [0.25, 0.3) is 0 Å². The van der Waals surface area contributed by atoms with Crippen LogP contribution in [0.5, 0.6) is 0 Å². The van der Waals surface area contributed by atoms with Crippen LogP contribution < -0.4 is 11.1 Å². The lowest BCUT2D eigenvalue weighted by molar-refractivity contribution is 0.210. The monoisotopic (exact) mass is 259 g/mol. The van der Waals surface area contributed by atoms with Crippen molar-refractivity contribution in [2.45, 2.75) is 43.8 Å². The second kappa shape index (κ2) is 6.04. The molecule has 0 radical (unpaired) electrons. The standard InChI is InChI=1S/C16H25N3/c17-14-10-15(11-14)18-12-16(19-8-4-5-9-19)13-6-2-1-3-7-13/h1-3,6-7,14-16,18H,4-5,8-12,17H2. The lowest BCUT2D eigenvalue weighted by Crippen LogP contribution is -2.50. The van der Waals surface area contributed by atoms with E-state index in [0.717, 1.165) is 19.4 Å². The van der Waals surface area contributed by atoms with E-state index in [2.05, 4.69) is 40.5 Å². The second-order valence-electron chi connectivity index (χ2n) is 6.01. The lowest BCUT2D eigenvalue weighted by atomic mass is 9.87. The molecule has 3 N–H and O–H groups in total. The smallest absolute Gasteiger partial charge is 0.0472 e. The van der Waals surface area contributed by atoms with E-state index in [-0.39, 0.29) is 0 Å². The molecule has 1 unspecified atom stereocenters. The topological polar surface area (TPSA) is 41.3 Å². The molecule has 2 aliphatic rings. The highest BCUT2D eigenvalue weighted by Gasteiger charge is 2.28. The van der Waals surface area contributed by atoms with Gasteiger partial charge in [-0.15, -0.1) is 0 Å². The predicted molar refractivity (Wildman–Crippen MR) is 79.0 cm³/mol. The van der Waals surface area contributed by atoms with E-state index in [1.54, 1.807) is 0 Å². The maximum atomic E-state index is 5.86. The molecule has 1 aromatic rings. The van der Waals surface area contributed by atoms with Crippen molar-refractivity contribution in [3.63, 3.8) is 0 Å². The average Bonchev–Trinajstić information content (AvgIpc) is 2.92. The molecule has 0 spiro atoms. The third-order valence-electron chi connectivity index (χ3n) is 4.54. The largest absolute Gasteiger partial charge is 0.328 e. The predicted octanol–water partition coefficient (Wildman–Crippen LogP) is 1.90. The summed E-state index contributed by atoms with van der Waals surface area (Å²) < 4.78 is 0. The zero-order valence-electron chi connectivity index (χ0n) is 11.6. The van der Waals surface area contributed by atoms with Crippen LogP contribution in [0.15, 0.2) is 30.3 Å². The van der Waals surface area contributed by atoms with E-state index in [1.165, 1.54) is 31.5 Å². The minimum atomic E-state index is 0.430. The van der Waals surface area contributed by atoms with Gasteiger partial charge in [0.15, 0.2) is 0 Å². The van der Waals surface area contributed by atoms with Crippen LogP contribution in [0.25, 0.3) is 0 Å². The molecule has 3 nitrogen and oxygen atoms in total. The summed E-state index contributed by atoms with van der Waals surface area (Å²) in [4.78, 5) is 2.63. The SMILES string of the molecule is NC1CC(NCC(c2ccccc2)N2CCCC2)C1. The van der Waals surface area contributed by atoms with Crippen molar-refractivity contribution < 1.29 is 0 Å².